The van der Waals surface area contributed by atoms with E-state index in [0.717, 1.165) is 51.4 Å². The second-order valence-electron chi connectivity index (χ2n) is 7.57. The number of amides is 1. The lowest BCUT2D eigenvalue weighted by Gasteiger charge is -2.44. The number of hydrogen-bond donors (Lipinski definition) is 0. The molecule has 26 heavy (non-hydrogen) atoms. The molecule has 1 aromatic rings. The molecule has 1 aromatic carbocycles. The van der Waals surface area contributed by atoms with Gasteiger partial charge < -0.3 is 19.4 Å². The molecule has 144 valence electrons. The van der Waals surface area contributed by atoms with Gasteiger partial charge in [-0.3, -0.25) is 9.69 Å². The van der Waals surface area contributed by atoms with E-state index in [9.17, 15) is 4.79 Å². The van der Waals surface area contributed by atoms with Crippen molar-refractivity contribution in [2.75, 3.05) is 71.9 Å². The Morgan fingerprint density at radius 1 is 1.15 bits per heavy atom. The highest BCUT2D eigenvalue weighted by Gasteiger charge is 2.30. The molecule has 0 aromatic heterocycles. The first-order valence-electron chi connectivity index (χ1n) is 9.63. The monoisotopic (exact) mass is 360 g/mol. The van der Waals surface area contributed by atoms with E-state index in [1.54, 1.807) is 7.11 Å². The maximum Gasteiger partial charge on any atom is 0.236 e. The fraction of sp³-hybridized carbons (Fsp3) is 0.650. The Balaban J connectivity index is 1.55. The van der Waals surface area contributed by atoms with Crippen LogP contribution in [0, 0.1) is 0 Å². The van der Waals surface area contributed by atoms with Crippen LogP contribution in [-0.4, -0.2) is 93.7 Å². The number of likely N-dealkylation sites (N-methyl/N-ethyl adjacent to an activating group) is 1. The molecule has 2 fully saturated rings. The van der Waals surface area contributed by atoms with E-state index in [-0.39, 0.29) is 5.91 Å². The highest BCUT2D eigenvalue weighted by atomic mass is 16.5. The quantitative estimate of drug-likeness (QED) is 0.793. The number of methoxy groups -OCH3 is 1. The lowest BCUT2D eigenvalue weighted by atomic mass is 10.0. The molecule has 0 saturated carbocycles. The van der Waals surface area contributed by atoms with E-state index in [2.05, 4.69) is 26.8 Å². The Labute approximate surface area is 157 Å². The molecule has 2 aliphatic heterocycles. The number of carbonyl (C=O) groups excluding carboxylic acids is 1. The second kappa shape index (κ2) is 8.73. The van der Waals surface area contributed by atoms with Gasteiger partial charge in [-0.15, -0.1) is 0 Å². The third-order valence-electron chi connectivity index (χ3n) is 5.46. The van der Waals surface area contributed by atoms with Gasteiger partial charge >= 0.3 is 0 Å². The summed E-state index contributed by atoms with van der Waals surface area (Å²) in [5.74, 6) is 1.20. The van der Waals surface area contributed by atoms with Gasteiger partial charge in [0, 0.05) is 45.3 Å². The van der Waals surface area contributed by atoms with E-state index in [4.69, 9.17) is 4.74 Å². The van der Waals surface area contributed by atoms with Gasteiger partial charge in [0.05, 0.1) is 19.3 Å². The van der Waals surface area contributed by atoms with Gasteiger partial charge in [-0.1, -0.05) is 12.1 Å². The van der Waals surface area contributed by atoms with Gasteiger partial charge in [-0.05, 0) is 39.1 Å². The van der Waals surface area contributed by atoms with Gasteiger partial charge in [0.15, 0.2) is 0 Å². The number of nitrogens with zero attached hydrogens (tertiary/aromatic N) is 4. The Hall–Kier alpha value is -1.79. The zero-order valence-electron chi connectivity index (χ0n) is 16.4. The smallest absolute Gasteiger partial charge is 0.236 e. The zero-order chi connectivity index (χ0) is 18.5. The highest BCUT2D eigenvalue weighted by molar-refractivity contribution is 5.78. The number of carbonyl (C=O) groups is 1. The van der Waals surface area contributed by atoms with Crippen LogP contribution in [-0.2, 0) is 4.79 Å². The van der Waals surface area contributed by atoms with Crippen molar-refractivity contribution in [2.24, 2.45) is 0 Å². The van der Waals surface area contributed by atoms with Crippen molar-refractivity contribution in [2.45, 2.75) is 18.9 Å². The molecule has 2 aliphatic rings. The predicted octanol–water partition coefficient (Wildman–Crippen LogP) is 1.37. The van der Waals surface area contributed by atoms with Gasteiger partial charge in [0.25, 0.3) is 0 Å². The van der Waals surface area contributed by atoms with Crippen LogP contribution in [0.2, 0.25) is 0 Å². The highest BCUT2D eigenvalue weighted by Crippen LogP contribution is 2.29. The van der Waals surface area contributed by atoms with Crippen molar-refractivity contribution in [1.29, 1.82) is 0 Å². The molecule has 0 radical (unpaired) electrons. The molecule has 0 aliphatic carbocycles. The van der Waals surface area contributed by atoms with E-state index >= 15 is 0 Å². The number of para-hydroxylation sites is 2. The van der Waals surface area contributed by atoms with Crippen LogP contribution in [0.5, 0.6) is 5.75 Å². The van der Waals surface area contributed by atoms with E-state index in [1.807, 2.05) is 31.1 Å². The van der Waals surface area contributed by atoms with Gasteiger partial charge in [0.2, 0.25) is 5.91 Å². The number of anilines is 1. The van der Waals surface area contributed by atoms with Crippen molar-refractivity contribution < 1.29 is 9.53 Å². The molecular formula is C20H32N4O2. The number of piperidine rings is 1. The summed E-state index contributed by atoms with van der Waals surface area (Å²) in [6.07, 6.45) is 2.30. The molecule has 0 N–H and O–H groups in total. The maximum absolute atomic E-state index is 12.4. The van der Waals surface area contributed by atoms with Gasteiger partial charge in [-0.25, -0.2) is 0 Å². The average Bonchev–Trinajstić information content (AvgIpc) is 2.67. The number of rotatable bonds is 5. The SMILES string of the molecule is COc1ccccc1N1CCN([C@H]2CCCN(C(=O)CN(C)C)C2)CC1. The fourth-order valence-electron chi connectivity index (χ4n) is 4.07. The fourth-order valence-corrected chi connectivity index (χ4v) is 4.07. The first-order chi connectivity index (χ1) is 12.6. The number of benzene rings is 1. The molecular weight excluding hydrogens is 328 g/mol. The topological polar surface area (TPSA) is 39.3 Å². The summed E-state index contributed by atoms with van der Waals surface area (Å²) in [6.45, 7) is 6.38. The Morgan fingerprint density at radius 3 is 2.58 bits per heavy atom. The molecule has 0 unspecified atom stereocenters. The van der Waals surface area contributed by atoms with E-state index in [1.165, 1.54) is 12.1 Å². The number of hydrogen-bond acceptors (Lipinski definition) is 5. The lowest BCUT2D eigenvalue weighted by molar-refractivity contribution is -0.134. The summed E-state index contributed by atoms with van der Waals surface area (Å²) in [4.78, 5) is 21.4. The molecule has 2 heterocycles. The van der Waals surface area contributed by atoms with Crippen molar-refractivity contribution in [1.82, 2.24) is 14.7 Å². The third-order valence-corrected chi connectivity index (χ3v) is 5.46. The van der Waals surface area contributed by atoms with Crippen LogP contribution in [0.1, 0.15) is 12.8 Å². The van der Waals surface area contributed by atoms with Crippen molar-refractivity contribution in [3.05, 3.63) is 24.3 Å². The summed E-state index contributed by atoms with van der Waals surface area (Å²) in [7, 11) is 5.64. The second-order valence-corrected chi connectivity index (χ2v) is 7.57. The van der Waals surface area contributed by atoms with Crippen molar-refractivity contribution in [3.8, 4) is 5.75 Å². The molecule has 3 rings (SSSR count). The zero-order valence-corrected chi connectivity index (χ0v) is 16.4. The average molecular weight is 361 g/mol. The van der Waals surface area contributed by atoms with Crippen molar-refractivity contribution >= 4 is 11.6 Å². The maximum atomic E-state index is 12.4. The Kier molecular flexibility index (Phi) is 6.38. The lowest BCUT2D eigenvalue weighted by Crippen LogP contribution is -2.56. The van der Waals surface area contributed by atoms with Crippen LogP contribution in [0.15, 0.2) is 24.3 Å². The third kappa shape index (κ3) is 4.48. The number of ether oxygens (including phenoxy) is 1. The van der Waals surface area contributed by atoms with E-state index in [0.29, 0.717) is 12.6 Å². The summed E-state index contributed by atoms with van der Waals surface area (Å²) >= 11 is 0. The molecule has 1 amide bonds. The molecule has 2 saturated heterocycles. The van der Waals surface area contributed by atoms with Gasteiger partial charge in [-0.2, -0.15) is 0 Å². The number of piperazine rings is 1. The summed E-state index contributed by atoms with van der Waals surface area (Å²) in [5.41, 5.74) is 1.18. The largest absolute Gasteiger partial charge is 0.495 e. The minimum Gasteiger partial charge on any atom is -0.495 e. The van der Waals surface area contributed by atoms with Crippen LogP contribution in [0.4, 0.5) is 5.69 Å². The Bertz CT molecular complexity index is 599. The Morgan fingerprint density at radius 2 is 1.88 bits per heavy atom. The van der Waals surface area contributed by atoms with Crippen LogP contribution < -0.4 is 9.64 Å². The van der Waals surface area contributed by atoms with Crippen molar-refractivity contribution in [3.63, 3.8) is 0 Å². The summed E-state index contributed by atoms with van der Waals surface area (Å²) in [6, 6.07) is 8.74. The van der Waals surface area contributed by atoms with Crippen LogP contribution >= 0.6 is 0 Å². The summed E-state index contributed by atoms with van der Waals surface area (Å²) < 4.78 is 5.51. The first kappa shape index (κ1) is 19.0. The minimum atomic E-state index is 0.257. The predicted molar refractivity (Wildman–Crippen MR) is 105 cm³/mol. The van der Waals surface area contributed by atoms with Gasteiger partial charge in [0.1, 0.15) is 5.75 Å². The molecule has 1 atom stereocenters. The van der Waals surface area contributed by atoms with E-state index < -0.39 is 0 Å². The minimum absolute atomic E-state index is 0.257. The van der Waals surface area contributed by atoms with Crippen LogP contribution in [0.3, 0.4) is 0 Å². The van der Waals surface area contributed by atoms with Crippen LogP contribution in [0.25, 0.3) is 0 Å². The molecule has 6 heteroatoms. The summed E-state index contributed by atoms with van der Waals surface area (Å²) in [5, 5.41) is 0. The molecule has 0 bridgehead atoms. The molecule has 0 spiro atoms. The first-order valence-corrected chi connectivity index (χ1v) is 9.63. The normalized spacial score (nSPS) is 21.9. The number of likely N-dealkylation sites (tertiary alicyclic amines) is 1. The molecule has 6 nitrogen and oxygen atoms in total. The standard InChI is InChI=1S/C20H32N4O2/c1-21(2)16-20(25)24-10-6-7-17(15-24)22-11-13-23(14-12-22)18-8-4-5-9-19(18)26-3/h4-5,8-9,17H,6-7,10-16H2,1-3H3/t17-/m0/s1.